The van der Waals surface area contributed by atoms with Crippen LogP contribution in [0.15, 0.2) is 12.1 Å². The molecule has 4 atom stereocenters. The topological polar surface area (TPSA) is 127 Å². The predicted octanol–water partition coefficient (Wildman–Crippen LogP) is 7.45. The van der Waals surface area contributed by atoms with Crippen LogP contribution in [0.2, 0.25) is 5.02 Å². The first kappa shape index (κ1) is 37.0. The average molecular weight is 767 g/mol. The van der Waals surface area contributed by atoms with E-state index >= 15 is 0 Å². The lowest BCUT2D eigenvalue weighted by molar-refractivity contribution is 0.0122. The van der Waals surface area contributed by atoms with Gasteiger partial charge in [0.15, 0.2) is 5.82 Å². The summed E-state index contributed by atoms with van der Waals surface area (Å²) in [6.07, 6.45) is 4.24. The molecule has 54 heavy (non-hydrogen) atoms. The third kappa shape index (κ3) is 7.15. The van der Waals surface area contributed by atoms with Gasteiger partial charge in [-0.05, 0) is 98.7 Å². The van der Waals surface area contributed by atoms with Gasteiger partial charge in [0.05, 0.1) is 28.8 Å². The third-order valence-corrected chi connectivity index (χ3v) is 11.6. The fourth-order valence-electron chi connectivity index (χ4n) is 9.06. The van der Waals surface area contributed by atoms with E-state index in [9.17, 15) is 14.0 Å². The van der Waals surface area contributed by atoms with Crippen molar-refractivity contribution in [2.75, 3.05) is 43.0 Å². The summed E-state index contributed by atoms with van der Waals surface area (Å²) in [5, 5.41) is 8.81. The molecule has 2 aromatic heterocycles. The molecule has 0 radical (unpaired) electrons. The molecule has 1 aromatic carbocycles. The van der Waals surface area contributed by atoms with Crippen LogP contribution in [-0.4, -0.2) is 110 Å². The molecule has 4 saturated heterocycles. The lowest BCUT2D eigenvalue weighted by Crippen LogP contribution is -2.57. The van der Waals surface area contributed by atoms with Gasteiger partial charge >= 0.3 is 18.2 Å². The number of nitrogens with zero attached hydrogens (tertiary/aromatic N) is 7. The van der Waals surface area contributed by atoms with Crippen molar-refractivity contribution in [3.8, 4) is 17.1 Å². The first-order chi connectivity index (χ1) is 25.5. The van der Waals surface area contributed by atoms with Gasteiger partial charge in [-0.2, -0.15) is 15.1 Å². The van der Waals surface area contributed by atoms with E-state index in [0.29, 0.717) is 53.8 Å². The zero-order chi connectivity index (χ0) is 38.3. The van der Waals surface area contributed by atoms with Crippen LogP contribution in [0.4, 0.5) is 25.6 Å². The van der Waals surface area contributed by atoms with Crippen LogP contribution in [0.5, 0.6) is 6.01 Å². The van der Waals surface area contributed by atoms with E-state index in [0.717, 1.165) is 61.7 Å². The fraction of sp³-hybridized carbons (Fsp3) is 0.667. The number of alkyl halides is 1. The zero-order valence-corrected chi connectivity index (χ0v) is 33.1. The lowest BCUT2D eigenvalue weighted by Gasteiger charge is -2.42. The van der Waals surface area contributed by atoms with Gasteiger partial charge in [0.25, 0.3) is 0 Å². The van der Waals surface area contributed by atoms with Crippen LogP contribution in [-0.2, 0) is 16.5 Å². The molecule has 292 valence electrons. The smallest absolute Gasteiger partial charge is 0.413 e. The Morgan fingerprint density at radius 1 is 1.00 bits per heavy atom. The Kier molecular flexibility index (Phi) is 9.18. The third-order valence-electron chi connectivity index (χ3n) is 11.3. The minimum atomic E-state index is -0.882. The number of rotatable bonds is 7. The van der Waals surface area contributed by atoms with E-state index < -0.39 is 23.5 Å². The highest BCUT2D eigenvalue weighted by Crippen LogP contribution is 2.49. The molecular weight excluding hydrogens is 715 g/mol. The van der Waals surface area contributed by atoms with Crippen molar-refractivity contribution in [1.82, 2.24) is 29.5 Å². The largest absolute Gasteiger partial charge is 0.461 e. The van der Waals surface area contributed by atoms with Gasteiger partial charge in [-0.1, -0.05) is 11.6 Å². The van der Waals surface area contributed by atoms with E-state index in [1.54, 1.807) is 0 Å². The van der Waals surface area contributed by atoms with Crippen molar-refractivity contribution >= 4 is 46.3 Å². The van der Waals surface area contributed by atoms with E-state index in [1.165, 1.54) is 0 Å². The predicted molar refractivity (Wildman–Crippen MR) is 204 cm³/mol. The number of halogens is 2. The summed E-state index contributed by atoms with van der Waals surface area (Å²) in [7, 11) is 1.88. The van der Waals surface area contributed by atoms with Gasteiger partial charge in [-0.25, -0.2) is 14.0 Å². The molecule has 13 nitrogen and oxygen atoms in total. The van der Waals surface area contributed by atoms with Gasteiger partial charge in [-0.3, -0.25) is 19.8 Å². The minimum absolute atomic E-state index is 0.0494. The lowest BCUT2D eigenvalue weighted by atomic mass is 9.95. The molecule has 2 amide bonds. The number of carbonyl (C=O) groups is 2. The van der Waals surface area contributed by atoms with Crippen molar-refractivity contribution in [1.29, 1.82) is 0 Å². The molecule has 4 aliphatic heterocycles. The van der Waals surface area contributed by atoms with Crippen LogP contribution >= 0.6 is 11.6 Å². The number of nitrogens with one attached hydrogen (secondary N) is 1. The maximum absolute atomic E-state index is 14.7. The molecule has 8 rings (SSSR count). The SMILES string of the molecule is Cn1nc(NC(=O)OC(C)(C)C)c(-c2cc3nc(OC[C@@]45CCCN4C[C@H](F)C5)nc(N4CC5CCC(C4)N5C(=O)OC(C)(C)C)c3cc2Cl)c1C1CC1. The number of amides is 2. The van der Waals surface area contributed by atoms with Gasteiger partial charge in [0, 0.05) is 60.6 Å². The Morgan fingerprint density at radius 3 is 2.37 bits per heavy atom. The molecule has 1 aliphatic carbocycles. The zero-order valence-electron chi connectivity index (χ0n) is 32.4. The molecule has 2 unspecified atom stereocenters. The van der Waals surface area contributed by atoms with E-state index in [-0.39, 0.29) is 42.3 Å². The highest BCUT2D eigenvalue weighted by Gasteiger charge is 2.50. The van der Waals surface area contributed by atoms with Crippen LogP contribution in [0.25, 0.3) is 22.0 Å². The first-order valence-corrected chi connectivity index (χ1v) is 19.7. The maximum Gasteiger partial charge on any atom is 0.413 e. The summed E-state index contributed by atoms with van der Waals surface area (Å²) in [5.41, 5.74) is 1.32. The van der Waals surface area contributed by atoms with E-state index in [2.05, 4.69) is 15.1 Å². The second-order valence-corrected chi connectivity index (χ2v) is 18.3. The Balaban J connectivity index is 1.19. The van der Waals surface area contributed by atoms with Crippen molar-refractivity contribution in [3.63, 3.8) is 0 Å². The van der Waals surface area contributed by atoms with Gasteiger partial charge in [0.1, 0.15) is 29.8 Å². The van der Waals surface area contributed by atoms with Crippen molar-refractivity contribution in [2.45, 2.75) is 127 Å². The molecule has 5 aliphatic rings. The minimum Gasteiger partial charge on any atom is -0.461 e. The number of hydrogen-bond donors (Lipinski definition) is 1. The monoisotopic (exact) mass is 766 g/mol. The molecule has 6 heterocycles. The Labute approximate surface area is 320 Å². The summed E-state index contributed by atoms with van der Waals surface area (Å²) in [4.78, 5) is 42.7. The number of aryl methyl sites for hydroxylation is 1. The number of ether oxygens (including phenoxy) is 3. The molecule has 5 fully saturated rings. The number of aromatic nitrogens is 4. The number of fused-ring (bicyclic) bond motifs is 4. The van der Waals surface area contributed by atoms with Crippen molar-refractivity contribution in [2.24, 2.45) is 7.05 Å². The standard InChI is InChI=1S/C39H52ClFN8O5/c1-37(2,3)53-35(50)43-32-30(31(22-9-10-22)46(7)45-32)26-16-29-27(15-28(26)40)33(44-34(42-29)52-21-39-13-8-14-48(39)18-23(41)17-39)47-19-24-11-12-25(20-47)49(24)36(51)54-38(4,5)6/h15-16,22-25H,8-14,17-21H2,1-7H3,(H,43,45,50)/t23-,24?,25?,39+/m1/s1. The molecule has 0 spiro atoms. The highest BCUT2D eigenvalue weighted by molar-refractivity contribution is 6.34. The summed E-state index contributed by atoms with van der Waals surface area (Å²) in [5.74, 6) is 1.30. The van der Waals surface area contributed by atoms with Crippen LogP contribution in [0.3, 0.4) is 0 Å². The van der Waals surface area contributed by atoms with E-state index in [4.69, 9.17) is 40.9 Å². The fourth-order valence-corrected chi connectivity index (χ4v) is 9.32. The van der Waals surface area contributed by atoms with Gasteiger partial charge in [0.2, 0.25) is 0 Å². The quantitative estimate of drug-likeness (QED) is 0.259. The number of piperazine rings is 1. The summed E-state index contributed by atoms with van der Waals surface area (Å²) in [6, 6.07) is 3.92. The molecule has 15 heteroatoms. The highest BCUT2D eigenvalue weighted by atomic mass is 35.5. The first-order valence-electron chi connectivity index (χ1n) is 19.3. The van der Waals surface area contributed by atoms with Crippen LogP contribution in [0.1, 0.15) is 98.1 Å². The number of hydrogen-bond acceptors (Lipinski definition) is 10. The molecule has 1 saturated carbocycles. The molecule has 1 N–H and O–H groups in total. The Hall–Kier alpha value is -3.91. The van der Waals surface area contributed by atoms with Crippen molar-refractivity contribution < 1.29 is 28.2 Å². The Morgan fingerprint density at radius 2 is 1.70 bits per heavy atom. The normalized spacial score (nSPS) is 25.7. The Bertz CT molecular complexity index is 1960. The van der Waals surface area contributed by atoms with Gasteiger partial charge < -0.3 is 19.1 Å². The summed E-state index contributed by atoms with van der Waals surface area (Å²) >= 11 is 7.23. The van der Waals surface area contributed by atoms with Crippen LogP contribution in [0, 0.1) is 0 Å². The second-order valence-electron chi connectivity index (χ2n) is 17.9. The summed E-state index contributed by atoms with van der Waals surface area (Å²) in [6.45, 7) is 13.8. The molecular formula is C39H52ClFN8O5. The molecule has 3 aromatic rings. The molecule has 2 bridgehead atoms. The average Bonchev–Trinajstić information content (AvgIpc) is 3.53. The number of benzene rings is 1. The number of carbonyl (C=O) groups excluding carboxylic acids is 2. The van der Waals surface area contributed by atoms with Crippen molar-refractivity contribution in [3.05, 3.63) is 22.8 Å². The van der Waals surface area contributed by atoms with Gasteiger partial charge in [-0.15, -0.1) is 0 Å². The maximum atomic E-state index is 14.7. The van der Waals surface area contributed by atoms with Crippen LogP contribution < -0.4 is 15.0 Å². The summed E-state index contributed by atoms with van der Waals surface area (Å²) < 4.78 is 34.4. The number of anilines is 2. The second kappa shape index (κ2) is 13.4. The van der Waals surface area contributed by atoms with E-state index in [1.807, 2.05) is 70.3 Å².